The molecule has 6 heteroatoms. The fourth-order valence-electron chi connectivity index (χ4n) is 3.18. The Morgan fingerprint density at radius 2 is 1.92 bits per heavy atom. The van der Waals surface area contributed by atoms with Gasteiger partial charge in [0.25, 0.3) is 5.91 Å². The molecule has 0 N–H and O–H groups in total. The molecule has 0 aliphatic carbocycles. The summed E-state index contributed by atoms with van der Waals surface area (Å²) in [6, 6.07) is 13.5. The highest BCUT2D eigenvalue weighted by Gasteiger charge is 2.31. The van der Waals surface area contributed by atoms with E-state index in [9.17, 15) is 13.6 Å². The molecule has 1 unspecified atom stereocenters. The minimum Gasteiger partial charge on any atom is -0.497 e. The highest BCUT2D eigenvalue weighted by Crippen LogP contribution is 2.34. The molecule has 0 aromatic heterocycles. The first-order valence-electron chi connectivity index (χ1n) is 8.08. The summed E-state index contributed by atoms with van der Waals surface area (Å²) in [5.41, 5.74) is 1.35. The largest absolute Gasteiger partial charge is 0.497 e. The Balaban J connectivity index is 1.83. The van der Waals surface area contributed by atoms with Crippen LogP contribution in [0.25, 0.3) is 0 Å². The standard InChI is InChI=1S/C19H19F2NO3/c1-24-15-7-2-5-13(11-15)17-9-4-10-22(17)18(23)14-6-3-8-16(12-14)25-19(20)21/h2-3,5-8,11-12,17,19H,4,9-10H2,1H3. The second-order valence-electron chi connectivity index (χ2n) is 5.84. The zero-order valence-electron chi connectivity index (χ0n) is 13.8. The van der Waals surface area contributed by atoms with Crippen molar-refractivity contribution >= 4 is 5.91 Å². The van der Waals surface area contributed by atoms with Gasteiger partial charge in [-0.2, -0.15) is 8.78 Å². The molecule has 4 nitrogen and oxygen atoms in total. The smallest absolute Gasteiger partial charge is 0.387 e. The van der Waals surface area contributed by atoms with E-state index in [1.165, 1.54) is 12.1 Å². The Labute approximate surface area is 145 Å². The number of carbonyl (C=O) groups excluding carboxylic acids is 1. The molecule has 2 aromatic rings. The fourth-order valence-corrected chi connectivity index (χ4v) is 3.18. The summed E-state index contributed by atoms with van der Waals surface area (Å²) in [5.74, 6) is 0.534. The number of hydrogen-bond acceptors (Lipinski definition) is 3. The number of rotatable bonds is 5. The van der Waals surface area contributed by atoms with Crippen molar-refractivity contribution < 1.29 is 23.0 Å². The summed E-state index contributed by atoms with van der Waals surface area (Å²) in [6.45, 7) is -2.29. The first-order chi connectivity index (χ1) is 12.1. The first kappa shape index (κ1) is 17.2. The van der Waals surface area contributed by atoms with Gasteiger partial charge in [0.2, 0.25) is 0 Å². The number of nitrogens with zero attached hydrogens (tertiary/aromatic N) is 1. The highest BCUT2D eigenvalue weighted by molar-refractivity contribution is 5.95. The van der Waals surface area contributed by atoms with Crippen LogP contribution in [0, 0.1) is 0 Å². The minimum atomic E-state index is -2.92. The molecule has 1 aliphatic heterocycles. The second-order valence-corrected chi connectivity index (χ2v) is 5.84. The van der Waals surface area contributed by atoms with Crippen LogP contribution in [-0.4, -0.2) is 31.1 Å². The van der Waals surface area contributed by atoms with Crippen molar-refractivity contribution in [1.82, 2.24) is 4.90 Å². The van der Waals surface area contributed by atoms with Crippen molar-refractivity contribution in [3.8, 4) is 11.5 Å². The van der Waals surface area contributed by atoms with Crippen LogP contribution < -0.4 is 9.47 Å². The van der Waals surface area contributed by atoms with E-state index in [0.29, 0.717) is 12.1 Å². The number of ether oxygens (including phenoxy) is 2. The van der Waals surface area contributed by atoms with Crippen molar-refractivity contribution in [3.05, 3.63) is 59.7 Å². The number of halogens is 2. The molecule has 1 atom stereocenters. The molecule has 0 saturated carbocycles. The number of methoxy groups -OCH3 is 1. The van der Waals surface area contributed by atoms with Crippen molar-refractivity contribution in [2.75, 3.05) is 13.7 Å². The quantitative estimate of drug-likeness (QED) is 0.811. The normalized spacial score (nSPS) is 17.0. The van der Waals surface area contributed by atoms with Gasteiger partial charge in [0, 0.05) is 12.1 Å². The zero-order valence-corrected chi connectivity index (χ0v) is 13.8. The van der Waals surface area contributed by atoms with Gasteiger partial charge in [0.05, 0.1) is 13.2 Å². The van der Waals surface area contributed by atoms with Gasteiger partial charge >= 0.3 is 6.61 Å². The summed E-state index contributed by atoms with van der Waals surface area (Å²) in [4.78, 5) is 14.6. The maximum Gasteiger partial charge on any atom is 0.387 e. The van der Waals surface area contributed by atoms with E-state index in [1.807, 2.05) is 24.3 Å². The molecule has 1 amide bonds. The van der Waals surface area contributed by atoms with Crippen LogP contribution in [0.1, 0.15) is 34.8 Å². The van der Waals surface area contributed by atoms with Crippen molar-refractivity contribution in [2.45, 2.75) is 25.5 Å². The van der Waals surface area contributed by atoms with Crippen molar-refractivity contribution in [1.29, 1.82) is 0 Å². The van der Waals surface area contributed by atoms with Gasteiger partial charge in [-0.25, -0.2) is 0 Å². The van der Waals surface area contributed by atoms with E-state index in [2.05, 4.69) is 4.74 Å². The summed E-state index contributed by atoms with van der Waals surface area (Å²) in [6.07, 6.45) is 1.74. The van der Waals surface area contributed by atoms with Gasteiger partial charge in [-0.3, -0.25) is 4.79 Å². The molecule has 1 aliphatic rings. The Bertz CT molecular complexity index is 751. The first-order valence-corrected chi connectivity index (χ1v) is 8.08. The number of hydrogen-bond donors (Lipinski definition) is 0. The van der Waals surface area contributed by atoms with Crippen LogP contribution >= 0.6 is 0 Å². The summed E-state index contributed by atoms with van der Waals surface area (Å²) >= 11 is 0. The Morgan fingerprint density at radius 1 is 1.16 bits per heavy atom. The Kier molecular flexibility index (Phi) is 5.16. The molecule has 1 fully saturated rings. The molecule has 1 heterocycles. The van der Waals surface area contributed by atoms with Gasteiger partial charge in [-0.15, -0.1) is 0 Å². The number of amides is 1. The SMILES string of the molecule is COc1cccc(C2CCCN2C(=O)c2cccc(OC(F)F)c2)c1. The highest BCUT2D eigenvalue weighted by atomic mass is 19.3. The van der Waals surface area contributed by atoms with Gasteiger partial charge in [0.1, 0.15) is 11.5 Å². The Morgan fingerprint density at radius 3 is 2.68 bits per heavy atom. The van der Waals surface area contributed by atoms with E-state index in [1.54, 1.807) is 24.1 Å². The van der Waals surface area contributed by atoms with Gasteiger partial charge < -0.3 is 14.4 Å². The molecule has 0 radical (unpaired) electrons. The lowest BCUT2D eigenvalue weighted by Crippen LogP contribution is -2.30. The third kappa shape index (κ3) is 3.90. The lowest BCUT2D eigenvalue weighted by molar-refractivity contribution is -0.0499. The van der Waals surface area contributed by atoms with Crippen LogP contribution in [0.5, 0.6) is 11.5 Å². The molecule has 0 bridgehead atoms. The fraction of sp³-hybridized carbons (Fsp3) is 0.316. The van der Waals surface area contributed by atoms with E-state index in [0.717, 1.165) is 24.2 Å². The van der Waals surface area contributed by atoms with Crippen LogP contribution in [0.3, 0.4) is 0 Å². The van der Waals surface area contributed by atoms with E-state index < -0.39 is 6.61 Å². The lowest BCUT2D eigenvalue weighted by atomic mass is 10.0. The third-order valence-corrected chi connectivity index (χ3v) is 4.30. The third-order valence-electron chi connectivity index (χ3n) is 4.30. The lowest BCUT2D eigenvalue weighted by Gasteiger charge is -2.25. The molecular weight excluding hydrogens is 328 g/mol. The topological polar surface area (TPSA) is 38.8 Å². The van der Waals surface area contributed by atoms with E-state index in [4.69, 9.17) is 4.74 Å². The number of carbonyl (C=O) groups is 1. The summed E-state index contributed by atoms with van der Waals surface area (Å²) < 4.78 is 34.4. The minimum absolute atomic E-state index is 0.0158. The molecule has 25 heavy (non-hydrogen) atoms. The van der Waals surface area contributed by atoms with Crippen LogP contribution in [0.4, 0.5) is 8.78 Å². The average molecular weight is 347 g/mol. The van der Waals surface area contributed by atoms with E-state index >= 15 is 0 Å². The van der Waals surface area contributed by atoms with Crippen molar-refractivity contribution in [3.63, 3.8) is 0 Å². The maximum absolute atomic E-state index is 12.9. The molecule has 1 saturated heterocycles. The number of alkyl halides is 2. The zero-order chi connectivity index (χ0) is 17.8. The summed E-state index contributed by atoms with van der Waals surface area (Å²) in [5, 5.41) is 0. The predicted octanol–water partition coefficient (Wildman–Crippen LogP) is 4.27. The number of likely N-dealkylation sites (tertiary alicyclic amines) is 1. The van der Waals surface area contributed by atoms with Crippen LogP contribution in [0.2, 0.25) is 0 Å². The molecule has 2 aromatic carbocycles. The van der Waals surface area contributed by atoms with Crippen LogP contribution in [0.15, 0.2) is 48.5 Å². The van der Waals surface area contributed by atoms with Crippen LogP contribution in [-0.2, 0) is 0 Å². The van der Waals surface area contributed by atoms with Gasteiger partial charge in [-0.1, -0.05) is 18.2 Å². The summed E-state index contributed by atoms with van der Waals surface area (Å²) in [7, 11) is 1.60. The Hall–Kier alpha value is -2.63. The monoisotopic (exact) mass is 347 g/mol. The molecule has 3 rings (SSSR count). The molecule has 132 valence electrons. The van der Waals surface area contributed by atoms with Gasteiger partial charge in [-0.05, 0) is 48.7 Å². The number of benzene rings is 2. The maximum atomic E-state index is 12.9. The average Bonchev–Trinajstić information content (AvgIpc) is 3.10. The van der Waals surface area contributed by atoms with Gasteiger partial charge in [0.15, 0.2) is 0 Å². The molecular formula is C19H19F2NO3. The molecule has 0 spiro atoms. The van der Waals surface area contributed by atoms with E-state index in [-0.39, 0.29) is 17.7 Å². The van der Waals surface area contributed by atoms with Crippen molar-refractivity contribution in [2.24, 2.45) is 0 Å². The predicted molar refractivity (Wildman–Crippen MR) is 89.1 cm³/mol. The second kappa shape index (κ2) is 7.51.